The lowest BCUT2D eigenvalue weighted by atomic mass is 9.80. The number of piperidine rings is 1. The highest BCUT2D eigenvalue weighted by molar-refractivity contribution is 6.35. The number of carbonyl (C=O) groups is 1. The molecule has 1 saturated heterocycles. The van der Waals surface area contributed by atoms with E-state index in [0.29, 0.717) is 35.9 Å². The minimum Gasteiger partial charge on any atom is -0.481 e. The van der Waals surface area contributed by atoms with E-state index in [1.165, 1.54) is 0 Å². The van der Waals surface area contributed by atoms with Gasteiger partial charge in [0.25, 0.3) is 0 Å². The number of halogens is 2. The molecule has 8 heteroatoms. The molecule has 1 heterocycles. The van der Waals surface area contributed by atoms with Crippen LogP contribution in [-0.4, -0.2) is 46.1 Å². The predicted molar refractivity (Wildman–Crippen MR) is 113 cm³/mol. The normalized spacial score (nSPS) is 28.0. The molecule has 1 fully saturated rings. The molecule has 1 aliphatic carbocycles. The summed E-state index contributed by atoms with van der Waals surface area (Å²) in [5, 5.41) is 22.3. The fourth-order valence-electron chi connectivity index (χ4n) is 4.85. The van der Waals surface area contributed by atoms with Crippen molar-refractivity contribution in [1.82, 2.24) is 4.90 Å². The van der Waals surface area contributed by atoms with Crippen LogP contribution in [0.1, 0.15) is 50.5 Å². The molecule has 3 rings (SSSR count). The number of nitro groups is 1. The minimum absolute atomic E-state index is 0.0281. The highest BCUT2D eigenvalue weighted by atomic mass is 35.5. The van der Waals surface area contributed by atoms with Crippen LogP contribution in [0.3, 0.4) is 0 Å². The van der Waals surface area contributed by atoms with Gasteiger partial charge >= 0.3 is 5.97 Å². The van der Waals surface area contributed by atoms with Gasteiger partial charge in [0.1, 0.15) is 0 Å². The van der Waals surface area contributed by atoms with Gasteiger partial charge in [-0.05, 0) is 49.9 Å². The van der Waals surface area contributed by atoms with Crippen molar-refractivity contribution in [3.05, 3.63) is 55.6 Å². The maximum Gasteiger partial charge on any atom is 0.308 e. The average Bonchev–Trinajstić information content (AvgIpc) is 2.68. The summed E-state index contributed by atoms with van der Waals surface area (Å²) in [6.07, 6.45) is 5.25. The molecule has 0 aromatic heterocycles. The van der Waals surface area contributed by atoms with Crippen molar-refractivity contribution >= 4 is 29.2 Å². The van der Waals surface area contributed by atoms with Gasteiger partial charge < -0.3 is 5.11 Å². The first-order valence-electron chi connectivity index (χ1n) is 10.0. The Labute approximate surface area is 180 Å². The Bertz CT molecular complexity index is 814. The third kappa shape index (κ3) is 4.93. The van der Waals surface area contributed by atoms with Gasteiger partial charge in [0.05, 0.1) is 11.8 Å². The van der Waals surface area contributed by atoms with E-state index in [-0.39, 0.29) is 22.8 Å². The van der Waals surface area contributed by atoms with Crippen molar-refractivity contribution in [2.75, 3.05) is 13.1 Å². The van der Waals surface area contributed by atoms with Crippen molar-refractivity contribution in [2.45, 2.75) is 57.0 Å². The summed E-state index contributed by atoms with van der Waals surface area (Å²) in [4.78, 5) is 25.4. The number of aliphatic carboxylic acids is 1. The van der Waals surface area contributed by atoms with E-state index < -0.39 is 12.0 Å². The number of nitrogens with zero attached hydrogens (tertiary/aromatic N) is 2. The molecule has 0 radical (unpaired) electrons. The van der Waals surface area contributed by atoms with Crippen LogP contribution in [0.25, 0.3) is 0 Å². The standard InChI is InChI=1S/C21H26Cl2N2O4/c1-2-19-17(21(26)27)4-3-9-24(19)12-13-5-7-16(20(10-13)25(28)29)15-8-6-14(22)11-18(15)23/h5-6,8,11,16-17,19-20H,2-4,7,9-10,12H2,1H3,(H,26,27)/t16-,17+,19?,20+/m0/s1. The zero-order valence-electron chi connectivity index (χ0n) is 16.4. The third-order valence-electron chi connectivity index (χ3n) is 6.26. The molecule has 29 heavy (non-hydrogen) atoms. The lowest BCUT2D eigenvalue weighted by Gasteiger charge is -2.40. The lowest BCUT2D eigenvalue weighted by Crippen LogP contribution is -2.48. The Morgan fingerprint density at radius 3 is 2.76 bits per heavy atom. The summed E-state index contributed by atoms with van der Waals surface area (Å²) < 4.78 is 0. The van der Waals surface area contributed by atoms with E-state index in [9.17, 15) is 20.0 Å². The first-order valence-corrected chi connectivity index (χ1v) is 10.8. The van der Waals surface area contributed by atoms with E-state index in [4.69, 9.17) is 23.2 Å². The van der Waals surface area contributed by atoms with Crippen LogP contribution >= 0.6 is 23.2 Å². The number of benzene rings is 1. The second kappa shape index (κ2) is 9.45. The summed E-state index contributed by atoms with van der Waals surface area (Å²) >= 11 is 12.3. The smallest absolute Gasteiger partial charge is 0.308 e. The fraction of sp³-hybridized carbons (Fsp3) is 0.571. The van der Waals surface area contributed by atoms with E-state index in [0.717, 1.165) is 30.5 Å². The van der Waals surface area contributed by atoms with Crippen LogP contribution < -0.4 is 0 Å². The van der Waals surface area contributed by atoms with Gasteiger partial charge in [0.2, 0.25) is 6.04 Å². The number of carboxylic acid groups (broad SMARTS) is 1. The number of carboxylic acids is 1. The van der Waals surface area contributed by atoms with Crippen LogP contribution in [0.5, 0.6) is 0 Å². The summed E-state index contributed by atoms with van der Waals surface area (Å²) in [6.45, 7) is 3.43. The van der Waals surface area contributed by atoms with E-state index in [2.05, 4.69) is 11.0 Å². The van der Waals surface area contributed by atoms with Crippen LogP contribution in [-0.2, 0) is 4.79 Å². The predicted octanol–water partition coefficient (Wildman–Crippen LogP) is 5.02. The molecule has 2 aliphatic rings. The molecule has 1 unspecified atom stereocenters. The van der Waals surface area contributed by atoms with Gasteiger partial charge in [0, 0.05) is 34.0 Å². The number of rotatable bonds is 6. The quantitative estimate of drug-likeness (QED) is 0.381. The summed E-state index contributed by atoms with van der Waals surface area (Å²) in [7, 11) is 0. The molecular formula is C21H26Cl2N2O4. The average molecular weight is 441 g/mol. The summed E-state index contributed by atoms with van der Waals surface area (Å²) in [5.74, 6) is -1.42. The van der Waals surface area contributed by atoms with Crippen molar-refractivity contribution in [3.8, 4) is 0 Å². The first-order chi connectivity index (χ1) is 13.8. The Morgan fingerprint density at radius 2 is 2.14 bits per heavy atom. The second-order valence-electron chi connectivity index (χ2n) is 7.96. The number of likely N-dealkylation sites (tertiary alicyclic amines) is 1. The van der Waals surface area contributed by atoms with E-state index in [1.54, 1.807) is 18.2 Å². The lowest BCUT2D eigenvalue weighted by molar-refractivity contribution is -0.527. The van der Waals surface area contributed by atoms with Crippen LogP contribution in [0, 0.1) is 16.0 Å². The van der Waals surface area contributed by atoms with Crippen molar-refractivity contribution in [2.24, 2.45) is 5.92 Å². The molecule has 1 aromatic rings. The van der Waals surface area contributed by atoms with Crippen molar-refractivity contribution < 1.29 is 14.8 Å². The van der Waals surface area contributed by atoms with Crippen LogP contribution in [0.15, 0.2) is 29.8 Å². The molecule has 0 saturated carbocycles. The van der Waals surface area contributed by atoms with Gasteiger partial charge in [-0.3, -0.25) is 19.8 Å². The summed E-state index contributed by atoms with van der Waals surface area (Å²) in [6, 6.07) is 4.33. The fourth-order valence-corrected chi connectivity index (χ4v) is 5.40. The number of hydrogen-bond acceptors (Lipinski definition) is 4. The highest BCUT2D eigenvalue weighted by Crippen LogP contribution is 2.39. The third-order valence-corrected chi connectivity index (χ3v) is 6.83. The number of hydrogen-bond donors (Lipinski definition) is 1. The van der Waals surface area contributed by atoms with Gasteiger partial charge in [-0.25, -0.2) is 0 Å². The Morgan fingerprint density at radius 1 is 1.38 bits per heavy atom. The Hall–Kier alpha value is -1.63. The highest BCUT2D eigenvalue weighted by Gasteiger charge is 2.39. The van der Waals surface area contributed by atoms with Gasteiger partial charge in [-0.2, -0.15) is 0 Å². The zero-order valence-corrected chi connectivity index (χ0v) is 17.9. The molecule has 0 spiro atoms. The first kappa shape index (κ1) is 22.1. The topological polar surface area (TPSA) is 83.7 Å². The van der Waals surface area contributed by atoms with Gasteiger partial charge in [-0.1, -0.05) is 47.8 Å². The van der Waals surface area contributed by atoms with Crippen molar-refractivity contribution in [1.29, 1.82) is 0 Å². The van der Waals surface area contributed by atoms with Crippen molar-refractivity contribution in [3.63, 3.8) is 0 Å². The molecule has 1 aromatic carbocycles. The molecule has 1 aliphatic heterocycles. The van der Waals surface area contributed by atoms with E-state index in [1.807, 2.05) is 6.92 Å². The Kier molecular flexibility index (Phi) is 7.19. The molecule has 0 bridgehead atoms. The van der Waals surface area contributed by atoms with E-state index >= 15 is 0 Å². The molecule has 1 N–H and O–H groups in total. The maximum absolute atomic E-state index is 11.8. The molecule has 0 amide bonds. The molecular weight excluding hydrogens is 415 g/mol. The maximum atomic E-state index is 11.8. The van der Waals surface area contributed by atoms with Gasteiger partial charge in [0.15, 0.2) is 0 Å². The second-order valence-corrected chi connectivity index (χ2v) is 8.80. The molecule has 6 nitrogen and oxygen atoms in total. The number of allylic oxidation sites excluding steroid dienone is 1. The monoisotopic (exact) mass is 440 g/mol. The zero-order chi connectivity index (χ0) is 21.1. The molecule has 4 atom stereocenters. The largest absolute Gasteiger partial charge is 0.481 e. The van der Waals surface area contributed by atoms with Crippen LogP contribution in [0.4, 0.5) is 0 Å². The SMILES string of the molecule is CCC1[C@H](C(=O)O)CCCN1CC1=CC[C@@H](c2ccc(Cl)cc2Cl)[C@H]([N+](=O)[O-])C1. The molecule has 158 valence electrons. The Balaban J connectivity index is 1.79. The van der Waals surface area contributed by atoms with Gasteiger partial charge in [-0.15, -0.1) is 0 Å². The summed E-state index contributed by atoms with van der Waals surface area (Å²) in [5.41, 5.74) is 1.76. The van der Waals surface area contributed by atoms with Crippen LogP contribution in [0.2, 0.25) is 10.0 Å². The minimum atomic E-state index is -0.756.